The highest BCUT2D eigenvalue weighted by atomic mass is 32.2. The number of aromatic nitrogens is 2. The zero-order valence-corrected chi connectivity index (χ0v) is 17.7. The number of carbonyl (C=O) groups is 1. The summed E-state index contributed by atoms with van der Waals surface area (Å²) in [6.45, 7) is 0.588. The maximum Gasteiger partial charge on any atom is 0.262 e. The van der Waals surface area contributed by atoms with E-state index in [-0.39, 0.29) is 17.2 Å². The zero-order valence-electron chi connectivity index (χ0n) is 16.8. The first-order valence-corrected chi connectivity index (χ1v) is 11.3. The lowest BCUT2D eigenvalue weighted by atomic mass is 9.97. The van der Waals surface area contributed by atoms with Gasteiger partial charge in [0, 0.05) is 12.2 Å². The third kappa shape index (κ3) is 5.00. The fraction of sp³-hybridized carbons (Fsp3) is 0.292. The molecule has 5 nitrogen and oxygen atoms in total. The summed E-state index contributed by atoms with van der Waals surface area (Å²) in [7, 11) is 0. The van der Waals surface area contributed by atoms with Crippen molar-refractivity contribution in [1.82, 2.24) is 9.55 Å². The van der Waals surface area contributed by atoms with Crippen LogP contribution in [0.25, 0.3) is 10.9 Å². The fourth-order valence-electron chi connectivity index (χ4n) is 3.69. The molecule has 4 rings (SSSR count). The van der Waals surface area contributed by atoms with Crippen molar-refractivity contribution in [1.29, 1.82) is 0 Å². The van der Waals surface area contributed by atoms with Crippen molar-refractivity contribution < 1.29 is 4.79 Å². The van der Waals surface area contributed by atoms with Crippen LogP contribution in [-0.2, 0) is 11.3 Å². The van der Waals surface area contributed by atoms with Gasteiger partial charge in [0.2, 0.25) is 5.91 Å². The number of fused-ring (bicyclic) bond motifs is 1. The van der Waals surface area contributed by atoms with Crippen LogP contribution in [0, 0.1) is 0 Å². The van der Waals surface area contributed by atoms with Crippen molar-refractivity contribution in [2.45, 2.75) is 43.8 Å². The molecule has 6 heteroatoms. The van der Waals surface area contributed by atoms with Crippen molar-refractivity contribution in [2.24, 2.45) is 0 Å². The van der Waals surface area contributed by atoms with E-state index in [1.54, 1.807) is 4.57 Å². The molecule has 0 radical (unpaired) electrons. The number of rotatable bonds is 7. The van der Waals surface area contributed by atoms with E-state index in [1.807, 2.05) is 54.6 Å². The third-order valence-corrected chi connectivity index (χ3v) is 6.23. The molecular weight excluding hydrogens is 394 g/mol. The standard InChI is InChI=1S/C24H25N3O2S/c28-22(25-19-11-5-2-6-12-19)17-30-24-26-21-14-8-7-13-20(21)23(29)27(24)16-15-18-9-3-1-4-10-18/h2,5-9,11-14H,1,3-4,10,15-17H2,(H,25,28). The van der Waals surface area contributed by atoms with Gasteiger partial charge in [-0.15, -0.1) is 0 Å². The molecule has 1 amide bonds. The predicted molar refractivity (Wildman–Crippen MR) is 123 cm³/mol. The minimum atomic E-state index is -0.116. The molecule has 1 aliphatic rings. The molecule has 1 aromatic heterocycles. The van der Waals surface area contributed by atoms with Crippen molar-refractivity contribution in [3.63, 3.8) is 0 Å². The summed E-state index contributed by atoms with van der Waals surface area (Å²) in [5.74, 6) is 0.0812. The molecule has 0 aliphatic heterocycles. The van der Waals surface area contributed by atoms with Gasteiger partial charge in [0.25, 0.3) is 5.56 Å². The number of anilines is 1. The minimum absolute atomic E-state index is 0.0389. The number of thioether (sulfide) groups is 1. The number of hydrogen-bond donors (Lipinski definition) is 1. The van der Waals surface area contributed by atoms with Crippen molar-refractivity contribution in [3.8, 4) is 0 Å². The van der Waals surface area contributed by atoms with Crippen LogP contribution >= 0.6 is 11.8 Å². The third-order valence-electron chi connectivity index (χ3n) is 5.26. The number of nitrogens with zero attached hydrogens (tertiary/aromatic N) is 2. The van der Waals surface area contributed by atoms with Crippen LogP contribution in [0.15, 0.2) is 76.2 Å². The highest BCUT2D eigenvalue weighted by Crippen LogP contribution is 2.23. The Hall–Kier alpha value is -2.86. The first-order chi connectivity index (χ1) is 14.7. The molecule has 1 heterocycles. The Morgan fingerprint density at radius 3 is 2.67 bits per heavy atom. The Morgan fingerprint density at radius 2 is 1.87 bits per heavy atom. The zero-order chi connectivity index (χ0) is 20.8. The Balaban J connectivity index is 1.54. The highest BCUT2D eigenvalue weighted by molar-refractivity contribution is 7.99. The molecule has 1 N–H and O–H groups in total. The van der Waals surface area contributed by atoms with Gasteiger partial charge in [0.05, 0.1) is 16.7 Å². The van der Waals surface area contributed by atoms with Gasteiger partial charge < -0.3 is 5.32 Å². The smallest absolute Gasteiger partial charge is 0.262 e. The predicted octanol–water partition coefficient (Wildman–Crippen LogP) is 5.02. The molecule has 0 saturated carbocycles. The molecule has 0 saturated heterocycles. The van der Waals surface area contributed by atoms with Gasteiger partial charge in [-0.1, -0.05) is 53.7 Å². The van der Waals surface area contributed by atoms with Gasteiger partial charge >= 0.3 is 0 Å². The highest BCUT2D eigenvalue weighted by Gasteiger charge is 2.14. The Labute approximate surface area is 180 Å². The second-order valence-electron chi connectivity index (χ2n) is 7.43. The van der Waals surface area contributed by atoms with Gasteiger partial charge in [-0.25, -0.2) is 4.98 Å². The van der Waals surface area contributed by atoms with Gasteiger partial charge in [-0.05, 0) is 56.4 Å². The first-order valence-electron chi connectivity index (χ1n) is 10.4. The maximum absolute atomic E-state index is 13.1. The van der Waals surface area contributed by atoms with Crippen molar-refractivity contribution in [2.75, 3.05) is 11.1 Å². The van der Waals surface area contributed by atoms with Gasteiger partial charge in [-0.3, -0.25) is 14.2 Å². The summed E-state index contributed by atoms with van der Waals surface area (Å²) in [4.78, 5) is 30.2. The molecular formula is C24H25N3O2S. The molecule has 1 aliphatic carbocycles. The van der Waals surface area contributed by atoms with Crippen LogP contribution in [0.4, 0.5) is 5.69 Å². The van der Waals surface area contributed by atoms with Crippen LogP contribution in [0.5, 0.6) is 0 Å². The topological polar surface area (TPSA) is 64.0 Å². The van der Waals surface area contributed by atoms with Gasteiger partial charge in [-0.2, -0.15) is 0 Å². The molecule has 30 heavy (non-hydrogen) atoms. The van der Waals surface area contributed by atoms with E-state index in [9.17, 15) is 9.59 Å². The number of carbonyl (C=O) groups excluding carboxylic acids is 1. The van der Waals surface area contributed by atoms with E-state index in [0.29, 0.717) is 22.6 Å². The number of benzene rings is 2. The van der Waals surface area contributed by atoms with Crippen LogP contribution in [0.3, 0.4) is 0 Å². The molecule has 0 unspecified atom stereocenters. The van der Waals surface area contributed by atoms with Crippen molar-refractivity contribution >= 4 is 34.3 Å². The van der Waals surface area contributed by atoms with E-state index in [4.69, 9.17) is 4.98 Å². The molecule has 0 spiro atoms. The summed E-state index contributed by atoms with van der Waals surface area (Å²) in [5.41, 5.74) is 2.81. The molecule has 0 bridgehead atoms. The van der Waals surface area contributed by atoms with Crippen LogP contribution in [0.1, 0.15) is 32.1 Å². The Morgan fingerprint density at radius 1 is 1.07 bits per heavy atom. The van der Waals surface area contributed by atoms with Gasteiger partial charge in [0.15, 0.2) is 5.16 Å². The number of nitrogens with one attached hydrogen (secondary N) is 1. The van der Waals surface area contributed by atoms with E-state index < -0.39 is 0 Å². The molecule has 2 aromatic carbocycles. The number of hydrogen-bond acceptors (Lipinski definition) is 4. The second-order valence-corrected chi connectivity index (χ2v) is 8.37. The van der Waals surface area contributed by atoms with E-state index >= 15 is 0 Å². The SMILES string of the molecule is O=C(CSc1nc2ccccc2c(=O)n1CCC1=CCCCC1)Nc1ccccc1. The lowest BCUT2D eigenvalue weighted by molar-refractivity contribution is -0.113. The maximum atomic E-state index is 13.1. The molecule has 154 valence electrons. The van der Waals surface area contributed by atoms with Crippen LogP contribution in [0.2, 0.25) is 0 Å². The van der Waals surface area contributed by atoms with Crippen LogP contribution in [-0.4, -0.2) is 21.2 Å². The summed E-state index contributed by atoms with van der Waals surface area (Å²) in [6.07, 6.45) is 7.86. The second kappa shape index (κ2) is 9.76. The molecule has 3 aromatic rings. The largest absolute Gasteiger partial charge is 0.325 e. The van der Waals surface area contributed by atoms with E-state index in [2.05, 4.69) is 11.4 Å². The van der Waals surface area contributed by atoms with E-state index in [0.717, 1.165) is 24.9 Å². The van der Waals surface area contributed by atoms with Crippen molar-refractivity contribution in [3.05, 3.63) is 76.6 Å². The molecule has 0 atom stereocenters. The van der Waals surface area contributed by atoms with Gasteiger partial charge in [0.1, 0.15) is 0 Å². The summed E-state index contributed by atoms with van der Waals surface area (Å²) >= 11 is 1.31. The Kier molecular flexibility index (Phi) is 6.64. The number of allylic oxidation sites excluding steroid dienone is 2. The summed E-state index contributed by atoms with van der Waals surface area (Å²) < 4.78 is 1.73. The number of para-hydroxylation sites is 2. The Bertz CT molecular complexity index is 1120. The average Bonchev–Trinajstić information content (AvgIpc) is 2.78. The number of amides is 1. The summed E-state index contributed by atoms with van der Waals surface area (Å²) in [5, 5.41) is 4.10. The quantitative estimate of drug-likeness (QED) is 0.332. The lowest BCUT2D eigenvalue weighted by Gasteiger charge is -2.16. The fourth-order valence-corrected chi connectivity index (χ4v) is 4.52. The normalized spacial score (nSPS) is 13.8. The average molecular weight is 420 g/mol. The van der Waals surface area contributed by atoms with E-state index in [1.165, 1.54) is 30.2 Å². The van der Waals surface area contributed by atoms with Crippen LogP contribution < -0.4 is 10.9 Å². The minimum Gasteiger partial charge on any atom is -0.325 e. The first kappa shape index (κ1) is 20.4. The molecule has 0 fully saturated rings. The summed E-state index contributed by atoms with van der Waals surface area (Å²) in [6, 6.07) is 16.8. The monoisotopic (exact) mass is 419 g/mol. The lowest BCUT2D eigenvalue weighted by Crippen LogP contribution is -2.24.